The SMILES string of the molecule is CC1NN(c2ccc3c(c2)N(c2ccc4c5ccccc5n(-c5ccccn5)c4c2)c2ccccc2-c2ccccc2-3)c2ccccc21. The molecule has 1 atom stereocenters. The van der Waals surface area contributed by atoms with Crippen LogP contribution in [0.15, 0.2) is 158 Å². The molecule has 2 aromatic heterocycles. The number of hydrogen-bond acceptors (Lipinski definition) is 4. The van der Waals surface area contributed by atoms with Crippen LogP contribution in [-0.2, 0) is 0 Å². The van der Waals surface area contributed by atoms with Crippen molar-refractivity contribution in [1.29, 1.82) is 0 Å². The third-order valence-electron chi connectivity index (χ3n) is 9.89. The molecule has 6 aromatic carbocycles. The predicted octanol–water partition coefficient (Wildman–Crippen LogP) is 11.0. The van der Waals surface area contributed by atoms with Crippen molar-refractivity contribution in [3.05, 3.63) is 163 Å². The van der Waals surface area contributed by atoms with Crippen LogP contribution in [0.3, 0.4) is 0 Å². The largest absolute Gasteiger partial charge is 0.309 e. The smallest absolute Gasteiger partial charge is 0.137 e. The van der Waals surface area contributed by atoms with E-state index in [-0.39, 0.29) is 6.04 Å². The molecule has 0 saturated heterocycles. The maximum Gasteiger partial charge on any atom is 0.137 e. The Kier molecular flexibility index (Phi) is 5.86. The summed E-state index contributed by atoms with van der Waals surface area (Å²) in [6.07, 6.45) is 1.87. The van der Waals surface area contributed by atoms with Crippen LogP contribution < -0.4 is 15.3 Å². The van der Waals surface area contributed by atoms with Gasteiger partial charge in [-0.2, -0.15) is 0 Å². The molecular weight excluding hydrogens is 587 g/mol. The highest BCUT2D eigenvalue weighted by Crippen LogP contribution is 2.52. The number of fused-ring (bicyclic) bond motifs is 9. The lowest BCUT2D eigenvalue weighted by molar-refractivity contribution is 0.634. The number of para-hydroxylation sites is 3. The number of benzene rings is 6. The van der Waals surface area contributed by atoms with Gasteiger partial charge in [0.05, 0.1) is 39.8 Å². The molecule has 1 N–H and O–H groups in total. The van der Waals surface area contributed by atoms with E-state index in [0.29, 0.717) is 0 Å². The first-order chi connectivity index (χ1) is 23.7. The monoisotopic (exact) mass is 617 g/mol. The number of pyridine rings is 1. The predicted molar refractivity (Wildman–Crippen MR) is 198 cm³/mol. The number of aromatic nitrogens is 2. The molecule has 1 unspecified atom stereocenters. The molecule has 4 heterocycles. The molecule has 0 aliphatic carbocycles. The fourth-order valence-corrected chi connectivity index (χ4v) is 7.76. The quantitative estimate of drug-likeness (QED) is 0.214. The molecule has 10 rings (SSSR count). The van der Waals surface area contributed by atoms with Gasteiger partial charge in [0.2, 0.25) is 0 Å². The van der Waals surface area contributed by atoms with Crippen molar-refractivity contribution in [3.63, 3.8) is 0 Å². The highest BCUT2D eigenvalue weighted by Gasteiger charge is 2.30. The van der Waals surface area contributed by atoms with Gasteiger partial charge in [0.25, 0.3) is 0 Å². The Morgan fingerprint density at radius 3 is 2.02 bits per heavy atom. The summed E-state index contributed by atoms with van der Waals surface area (Å²) >= 11 is 0. The Labute approximate surface area is 278 Å². The van der Waals surface area contributed by atoms with E-state index in [4.69, 9.17) is 4.98 Å². The lowest BCUT2D eigenvalue weighted by atomic mass is 9.94. The van der Waals surface area contributed by atoms with Crippen molar-refractivity contribution in [1.82, 2.24) is 15.0 Å². The van der Waals surface area contributed by atoms with Crippen LogP contribution in [0.25, 0.3) is 49.9 Å². The highest BCUT2D eigenvalue weighted by molar-refractivity contribution is 6.11. The van der Waals surface area contributed by atoms with Gasteiger partial charge in [-0.05, 0) is 78.2 Å². The Morgan fingerprint density at radius 2 is 1.19 bits per heavy atom. The van der Waals surface area contributed by atoms with Crippen LogP contribution in [-0.4, -0.2) is 9.55 Å². The fourth-order valence-electron chi connectivity index (χ4n) is 7.76. The van der Waals surface area contributed by atoms with E-state index in [1.54, 1.807) is 0 Å². The Bertz CT molecular complexity index is 2530. The average Bonchev–Trinajstić information content (AvgIpc) is 3.62. The second kappa shape index (κ2) is 10.4. The molecule has 0 bridgehead atoms. The summed E-state index contributed by atoms with van der Waals surface area (Å²) in [6, 6.07) is 54.9. The van der Waals surface area contributed by atoms with Crippen molar-refractivity contribution in [3.8, 4) is 28.1 Å². The number of nitrogens with zero attached hydrogens (tertiary/aromatic N) is 4. The molecule has 228 valence electrons. The molecule has 2 aliphatic heterocycles. The van der Waals surface area contributed by atoms with Crippen molar-refractivity contribution >= 4 is 50.2 Å². The molecule has 0 fully saturated rings. The zero-order chi connectivity index (χ0) is 31.8. The molecule has 48 heavy (non-hydrogen) atoms. The standard InChI is InChI=1S/C43H31N5/c1-28-31-12-4-9-19-40(31)48(45-28)30-22-24-36-33-14-3-2-13-32(33)34-15-5-7-17-38(34)46(41(36)27-30)29-21-23-37-35-16-6-8-18-39(35)47(42(37)26-29)43-20-10-11-25-44-43/h2-28,45H,1H3. The summed E-state index contributed by atoms with van der Waals surface area (Å²) in [7, 11) is 0. The number of rotatable bonds is 3. The molecule has 0 radical (unpaired) electrons. The zero-order valence-corrected chi connectivity index (χ0v) is 26.4. The van der Waals surface area contributed by atoms with Gasteiger partial charge in [-0.25, -0.2) is 10.4 Å². The summed E-state index contributed by atoms with van der Waals surface area (Å²) in [6.45, 7) is 2.22. The molecule has 0 spiro atoms. The summed E-state index contributed by atoms with van der Waals surface area (Å²) in [5.41, 5.74) is 17.8. The maximum absolute atomic E-state index is 4.79. The van der Waals surface area contributed by atoms with E-state index in [0.717, 1.165) is 39.6 Å². The average molecular weight is 618 g/mol. The van der Waals surface area contributed by atoms with Gasteiger partial charge in [0, 0.05) is 33.8 Å². The highest BCUT2D eigenvalue weighted by atomic mass is 15.5. The van der Waals surface area contributed by atoms with Gasteiger partial charge in [0.1, 0.15) is 5.82 Å². The molecule has 5 nitrogen and oxygen atoms in total. The third-order valence-corrected chi connectivity index (χ3v) is 9.89. The fraction of sp³-hybridized carbons (Fsp3) is 0.0465. The van der Waals surface area contributed by atoms with E-state index < -0.39 is 0 Å². The van der Waals surface area contributed by atoms with Crippen LogP contribution >= 0.6 is 0 Å². The van der Waals surface area contributed by atoms with Crippen LogP contribution in [0.5, 0.6) is 0 Å². The first-order valence-electron chi connectivity index (χ1n) is 16.5. The van der Waals surface area contributed by atoms with E-state index in [1.165, 1.54) is 44.3 Å². The number of nitrogens with one attached hydrogen (secondary N) is 1. The molecule has 2 aliphatic rings. The van der Waals surface area contributed by atoms with Gasteiger partial charge in [0.15, 0.2) is 0 Å². The lowest BCUT2D eigenvalue weighted by Crippen LogP contribution is -2.29. The Morgan fingerprint density at radius 1 is 0.521 bits per heavy atom. The minimum Gasteiger partial charge on any atom is -0.309 e. The minimum absolute atomic E-state index is 0.216. The first-order valence-corrected chi connectivity index (χ1v) is 16.5. The van der Waals surface area contributed by atoms with Crippen LogP contribution in [0.2, 0.25) is 0 Å². The van der Waals surface area contributed by atoms with Crippen molar-refractivity contribution < 1.29 is 0 Å². The first kappa shape index (κ1) is 27.0. The number of hydrogen-bond donors (Lipinski definition) is 1. The normalized spacial score (nSPS) is 14.8. The third kappa shape index (κ3) is 3.92. The lowest BCUT2D eigenvalue weighted by Gasteiger charge is -2.29. The molecule has 0 saturated carbocycles. The van der Waals surface area contributed by atoms with Crippen molar-refractivity contribution in [2.75, 3.05) is 9.91 Å². The van der Waals surface area contributed by atoms with Crippen LogP contribution in [0, 0.1) is 0 Å². The molecule has 5 heteroatoms. The van der Waals surface area contributed by atoms with E-state index >= 15 is 0 Å². The van der Waals surface area contributed by atoms with Gasteiger partial charge in [-0.3, -0.25) is 9.58 Å². The van der Waals surface area contributed by atoms with Crippen molar-refractivity contribution in [2.45, 2.75) is 13.0 Å². The topological polar surface area (TPSA) is 36.3 Å². The van der Waals surface area contributed by atoms with Gasteiger partial charge >= 0.3 is 0 Å². The van der Waals surface area contributed by atoms with Crippen LogP contribution in [0.4, 0.5) is 28.4 Å². The van der Waals surface area contributed by atoms with Gasteiger partial charge < -0.3 is 4.90 Å². The van der Waals surface area contributed by atoms with E-state index in [1.807, 2.05) is 12.3 Å². The Balaban J connectivity index is 1.26. The summed E-state index contributed by atoms with van der Waals surface area (Å²) in [5.74, 6) is 0.903. The molecule has 8 aromatic rings. The number of anilines is 5. The molecular formula is C43H31N5. The number of hydrazine groups is 1. The van der Waals surface area contributed by atoms with Gasteiger partial charge in [-0.1, -0.05) is 97.1 Å². The summed E-state index contributed by atoms with van der Waals surface area (Å²) in [4.78, 5) is 7.24. The van der Waals surface area contributed by atoms with Gasteiger partial charge in [-0.15, -0.1) is 0 Å². The summed E-state index contributed by atoms with van der Waals surface area (Å²) < 4.78 is 2.29. The molecule has 0 amide bonds. The van der Waals surface area contributed by atoms with E-state index in [2.05, 4.69) is 172 Å². The second-order valence-corrected chi connectivity index (χ2v) is 12.6. The van der Waals surface area contributed by atoms with Crippen LogP contribution in [0.1, 0.15) is 18.5 Å². The maximum atomic E-state index is 4.79. The summed E-state index contributed by atoms with van der Waals surface area (Å²) in [5, 5.41) is 4.65. The zero-order valence-electron chi connectivity index (χ0n) is 26.4. The minimum atomic E-state index is 0.216. The Hall–Kier alpha value is -6.17. The second-order valence-electron chi connectivity index (χ2n) is 12.6. The van der Waals surface area contributed by atoms with Crippen molar-refractivity contribution in [2.24, 2.45) is 0 Å². The van der Waals surface area contributed by atoms with E-state index in [9.17, 15) is 0 Å².